The molecule has 2 aromatic rings. The number of phenols is 1. The number of aliphatic hydroxyl groups excluding tert-OH is 1. The molecule has 0 saturated carbocycles. The van der Waals surface area contributed by atoms with Gasteiger partial charge in [-0.3, -0.25) is 4.79 Å². The lowest BCUT2D eigenvalue weighted by atomic mass is 10.0. The first-order valence-electron chi connectivity index (χ1n) is 6.38. The van der Waals surface area contributed by atoms with Crippen LogP contribution >= 0.6 is 0 Å². The molecule has 1 amide bonds. The molecular weight excluding hydrogens is 254 g/mol. The molecule has 104 valence electrons. The molecule has 4 heteroatoms. The molecule has 20 heavy (non-hydrogen) atoms. The zero-order valence-corrected chi connectivity index (χ0v) is 11.2. The van der Waals surface area contributed by atoms with E-state index in [1.807, 2.05) is 30.3 Å². The molecule has 0 spiro atoms. The third-order valence-corrected chi connectivity index (χ3v) is 3.14. The Hall–Kier alpha value is -2.33. The van der Waals surface area contributed by atoms with Crippen LogP contribution < -0.4 is 5.32 Å². The summed E-state index contributed by atoms with van der Waals surface area (Å²) in [5.74, 6) is -0.147. The standard InChI is InChI=1S/C16H17NO3/c1-11-9-13(19)7-8-14(11)16(20)17-15(10-18)12-5-3-2-4-6-12/h2-9,15,18-19H,10H2,1H3,(H,17,20)/t15-/m1/s1. The molecule has 0 radical (unpaired) electrons. The van der Waals surface area contributed by atoms with Gasteiger partial charge in [0.25, 0.3) is 5.91 Å². The number of benzene rings is 2. The lowest BCUT2D eigenvalue weighted by molar-refractivity contribution is 0.0915. The highest BCUT2D eigenvalue weighted by molar-refractivity contribution is 5.96. The fourth-order valence-electron chi connectivity index (χ4n) is 2.06. The maximum absolute atomic E-state index is 12.2. The summed E-state index contributed by atoms with van der Waals surface area (Å²) in [6.07, 6.45) is 0. The van der Waals surface area contributed by atoms with Crippen LogP contribution in [0.2, 0.25) is 0 Å². The van der Waals surface area contributed by atoms with Crippen molar-refractivity contribution in [2.24, 2.45) is 0 Å². The topological polar surface area (TPSA) is 69.6 Å². The Morgan fingerprint density at radius 2 is 1.90 bits per heavy atom. The highest BCUT2D eigenvalue weighted by Gasteiger charge is 2.16. The van der Waals surface area contributed by atoms with E-state index in [4.69, 9.17) is 0 Å². The van der Waals surface area contributed by atoms with Crippen molar-refractivity contribution in [3.8, 4) is 5.75 Å². The quantitative estimate of drug-likeness (QED) is 0.798. The summed E-state index contributed by atoms with van der Waals surface area (Å²) < 4.78 is 0. The summed E-state index contributed by atoms with van der Waals surface area (Å²) >= 11 is 0. The Balaban J connectivity index is 2.17. The van der Waals surface area contributed by atoms with Gasteiger partial charge in [-0.2, -0.15) is 0 Å². The average molecular weight is 271 g/mol. The van der Waals surface area contributed by atoms with Gasteiger partial charge in [-0.25, -0.2) is 0 Å². The Bertz CT molecular complexity index is 596. The lowest BCUT2D eigenvalue weighted by Gasteiger charge is -2.17. The second-order valence-corrected chi connectivity index (χ2v) is 4.62. The van der Waals surface area contributed by atoms with Crippen molar-refractivity contribution in [3.05, 3.63) is 65.2 Å². The van der Waals surface area contributed by atoms with Crippen molar-refractivity contribution < 1.29 is 15.0 Å². The SMILES string of the molecule is Cc1cc(O)ccc1C(=O)N[C@H](CO)c1ccccc1. The van der Waals surface area contributed by atoms with E-state index >= 15 is 0 Å². The summed E-state index contributed by atoms with van der Waals surface area (Å²) in [6.45, 7) is 1.58. The minimum Gasteiger partial charge on any atom is -0.508 e. The zero-order chi connectivity index (χ0) is 14.5. The summed E-state index contributed by atoms with van der Waals surface area (Å²) in [7, 11) is 0. The number of aromatic hydroxyl groups is 1. The van der Waals surface area contributed by atoms with E-state index in [0.29, 0.717) is 11.1 Å². The molecular formula is C16H17NO3. The number of aliphatic hydroxyl groups is 1. The number of hydrogen-bond acceptors (Lipinski definition) is 3. The molecule has 1 atom stereocenters. The number of nitrogens with one attached hydrogen (secondary N) is 1. The molecule has 4 nitrogen and oxygen atoms in total. The van der Waals surface area contributed by atoms with Gasteiger partial charge in [0, 0.05) is 5.56 Å². The van der Waals surface area contributed by atoms with Gasteiger partial charge in [0.15, 0.2) is 0 Å². The number of amides is 1. The molecule has 0 aliphatic heterocycles. The van der Waals surface area contributed by atoms with E-state index in [1.54, 1.807) is 13.0 Å². The van der Waals surface area contributed by atoms with Crippen LogP contribution in [0.4, 0.5) is 0 Å². The monoisotopic (exact) mass is 271 g/mol. The summed E-state index contributed by atoms with van der Waals surface area (Å²) in [6, 6.07) is 13.4. The Labute approximate surface area is 117 Å². The second-order valence-electron chi connectivity index (χ2n) is 4.62. The lowest BCUT2D eigenvalue weighted by Crippen LogP contribution is -2.31. The Morgan fingerprint density at radius 1 is 1.20 bits per heavy atom. The smallest absolute Gasteiger partial charge is 0.252 e. The van der Waals surface area contributed by atoms with Crippen molar-refractivity contribution in [3.63, 3.8) is 0 Å². The van der Waals surface area contributed by atoms with Crippen LogP contribution in [-0.2, 0) is 0 Å². The van der Waals surface area contributed by atoms with Gasteiger partial charge in [0.2, 0.25) is 0 Å². The number of aryl methyl sites for hydroxylation is 1. The molecule has 0 heterocycles. The largest absolute Gasteiger partial charge is 0.508 e. The predicted molar refractivity (Wildman–Crippen MR) is 76.6 cm³/mol. The number of rotatable bonds is 4. The van der Waals surface area contributed by atoms with E-state index in [9.17, 15) is 15.0 Å². The fourth-order valence-corrected chi connectivity index (χ4v) is 2.06. The van der Waals surface area contributed by atoms with Gasteiger partial charge in [0.05, 0.1) is 12.6 Å². The Kier molecular flexibility index (Phi) is 4.38. The van der Waals surface area contributed by atoms with E-state index in [0.717, 1.165) is 5.56 Å². The fraction of sp³-hybridized carbons (Fsp3) is 0.188. The molecule has 0 fully saturated rings. The van der Waals surface area contributed by atoms with Gasteiger partial charge in [0.1, 0.15) is 5.75 Å². The first kappa shape index (κ1) is 14.1. The maximum atomic E-state index is 12.2. The molecule has 0 aliphatic rings. The van der Waals surface area contributed by atoms with Crippen LogP contribution in [0.3, 0.4) is 0 Å². The highest BCUT2D eigenvalue weighted by atomic mass is 16.3. The van der Waals surface area contributed by atoms with Crippen molar-refractivity contribution >= 4 is 5.91 Å². The normalized spacial score (nSPS) is 11.9. The summed E-state index contributed by atoms with van der Waals surface area (Å²) in [4.78, 5) is 12.2. The molecule has 0 aliphatic carbocycles. The minimum atomic E-state index is -0.447. The van der Waals surface area contributed by atoms with Crippen molar-refractivity contribution in [2.45, 2.75) is 13.0 Å². The number of carbonyl (C=O) groups is 1. The Morgan fingerprint density at radius 3 is 2.50 bits per heavy atom. The second kappa shape index (κ2) is 6.21. The van der Waals surface area contributed by atoms with Crippen molar-refractivity contribution in [2.75, 3.05) is 6.61 Å². The number of hydrogen-bond donors (Lipinski definition) is 3. The van der Waals surface area contributed by atoms with Crippen molar-refractivity contribution in [1.82, 2.24) is 5.32 Å². The van der Waals surface area contributed by atoms with Gasteiger partial charge >= 0.3 is 0 Å². The van der Waals surface area contributed by atoms with E-state index in [-0.39, 0.29) is 18.3 Å². The van der Waals surface area contributed by atoms with Crippen LogP contribution in [0.1, 0.15) is 27.5 Å². The summed E-state index contributed by atoms with van der Waals surface area (Å²) in [5.41, 5.74) is 2.02. The third kappa shape index (κ3) is 3.16. The van der Waals surface area contributed by atoms with Crippen LogP contribution in [0.15, 0.2) is 48.5 Å². The highest BCUT2D eigenvalue weighted by Crippen LogP contribution is 2.17. The van der Waals surface area contributed by atoms with Crippen LogP contribution in [-0.4, -0.2) is 22.7 Å². The first-order chi connectivity index (χ1) is 9.61. The number of carbonyl (C=O) groups excluding carboxylic acids is 1. The van der Waals surface area contributed by atoms with Crippen LogP contribution in [0.5, 0.6) is 5.75 Å². The van der Waals surface area contributed by atoms with E-state index in [1.165, 1.54) is 12.1 Å². The van der Waals surface area contributed by atoms with Crippen LogP contribution in [0, 0.1) is 6.92 Å². The van der Waals surface area contributed by atoms with Gasteiger partial charge in [-0.05, 0) is 36.2 Å². The molecule has 0 saturated heterocycles. The van der Waals surface area contributed by atoms with E-state index in [2.05, 4.69) is 5.32 Å². The van der Waals surface area contributed by atoms with Crippen LogP contribution in [0.25, 0.3) is 0 Å². The van der Waals surface area contributed by atoms with Gasteiger partial charge < -0.3 is 15.5 Å². The number of phenolic OH excluding ortho intramolecular Hbond substituents is 1. The third-order valence-electron chi connectivity index (χ3n) is 3.14. The molecule has 3 N–H and O–H groups in total. The van der Waals surface area contributed by atoms with Gasteiger partial charge in [-0.15, -0.1) is 0 Å². The molecule has 0 aromatic heterocycles. The average Bonchev–Trinajstić information content (AvgIpc) is 2.45. The summed E-state index contributed by atoms with van der Waals surface area (Å²) in [5, 5.41) is 21.6. The maximum Gasteiger partial charge on any atom is 0.252 e. The molecule has 2 aromatic carbocycles. The minimum absolute atomic E-state index is 0.126. The van der Waals surface area contributed by atoms with Gasteiger partial charge in [-0.1, -0.05) is 30.3 Å². The molecule has 0 unspecified atom stereocenters. The zero-order valence-electron chi connectivity index (χ0n) is 11.2. The first-order valence-corrected chi connectivity index (χ1v) is 6.38. The predicted octanol–water partition coefficient (Wildman–Crippen LogP) is 2.16. The molecule has 2 rings (SSSR count). The molecule has 0 bridgehead atoms. The van der Waals surface area contributed by atoms with Crippen molar-refractivity contribution in [1.29, 1.82) is 0 Å². The van der Waals surface area contributed by atoms with E-state index < -0.39 is 6.04 Å².